The lowest BCUT2D eigenvalue weighted by atomic mass is 9.91. The van der Waals surface area contributed by atoms with Crippen LogP contribution in [-0.4, -0.2) is 46.2 Å². The Bertz CT molecular complexity index is 286. The molecule has 5 nitrogen and oxygen atoms in total. The molecule has 4 atom stereocenters. The summed E-state index contributed by atoms with van der Waals surface area (Å²) in [6.45, 7) is 3.84. The minimum atomic E-state index is -1.02. The van der Waals surface area contributed by atoms with Crippen molar-refractivity contribution in [3.63, 3.8) is 0 Å². The van der Waals surface area contributed by atoms with Gasteiger partial charge in [0, 0.05) is 12.0 Å². The Hall–Kier alpha value is -0.910. The molecule has 92 valence electrons. The predicted molar refractivity (Wildman–Crippen MR) is 56.9 cm³/mol. The minimum Gasteiger partial charge on any atom is -0.478 e. The van der Waals surface area contributed by atoms with Crippen LogP contribution >= 0.6 is 0 Å². The maximum absolute atomic E-state index is 10.4. The summed E-state index contributed by atoms with van der Waals surface area (Å²) >= 11 is 0. The van der Waals surface area contributed by atoms with Gasteiger partial charge in [-0.15, -0.1) is 0 Å². The van der Waals surface area contributed by atoms with E-state index >= 15 is 0 Å². The van der Waals surface area contributed by atoms with E-state index in [0.29, 0.717) is 18.6 Å². The molecule has 1 saturated heterocycles. The lowest BCUT2D eigenvalue weighted by molar-refractivity contribution is -0.159. The zero-order chi connectivity index (χ0) is 12.3. The molecule has 0 aromatic heterocycles. The quantitative estimate of drug-likeness (QED) is 0.601. The molecule has 0 bridgehead atoms. The van der Waals surface area contributed by atoms with Crippen LogP contribution in [0.15, 0.2) is 11.6 Å². The molecule has 0 spiro atoms. The molecule has 3 N–H and O–H groups in total. The Morgan fingerprint density at radius 2 is 2.06 bits per heavy atom. The number of aliphatic carboxylic acids is 1. The number of carboxylic acids is 1. The van der Waals surface area contributed by atoms with Crippen molar-refractivity contribution in [1.29, 1.82) is 0 Å². The van der Waals surface area contributed by atoms with Gasteiger partial charge in [0.25, 0.3) is 0 Å². The molecule has 0 aromatic rings. The summed E-state index contributed by atoms with van der Waals surface area (Å²) in [4.78, 5) is 10.4. The molecule has 3 unspecified atom stereocenters. The molecular weight excluding hydrogens is 212 g/mol. The molecule has 0 aromatic carbocycles. The van der Waals surface area contributed by atoms with Gasteiger partial charge in [-0.05, 0) is 13.3 Å². The van der Waals surface area contributed by atoms with E-state index in [-0.39, 0.29) is 5.92 Å². The zero-order valence-electron chi connectivity index (χ0n) is 9.46. The summed E-state index contributed by atoms with van der Waals surface area (Å²) in [5, 5.41) is 27.9. The molecule has 16 heavy (non-hydrogen) atoms. The topological polar surface area (TPSA) is 87.0 Å². The molecule has 0 amide bonds. The first kappa shape index (κ1) is 13.2. The van der Waals surface area contributed by atoms with Crippen LogP contribution in [0.1, 0.15) is 20.3 Å². The van der Waals surface area contributed by atoms with Gasteiger partial charge in [-0.2, -0.15) is 0 Å². The standard InChI is InChI=1S/C11H18O5/c1-6(4-9(12)13)3-8-11(15)10(14)7(2)5-16-8/h4,7-8,10-11,14-15H,3,5H2,1-2H3,(H,12,13)/b6-4+/t7-,8?,10?,11?/m0/s1. The smallest absolute Gasteiger partial charge is 0.328 e. The fraction of sp³-hybridized carbons (Fsp3) is 0.727. The molecule has 0 aliphatic carbocycles. The van der Waals surface area contributed by atoms with Crippen molar-refractivity contribution < 1.29 is 24.9 Å². The maximum Gasteiger partial charge on any atom is 0.328 e. The van der Waals surface area contributed by atoms with E-state index in [1.54, 1.807) is 13.8 Å². The number of carboxylic acid groups (broad SMARTS) is 1. The van der Waals surface area contributed by atoms with Crippen LogP contribution in [0.25, 0.3) is 0 Å². The second kappa shape index (κ2) is 5.43. The van der Waals surface area contributed by atoms with Gasteiger partial charge in [-0.1, -0.05) is 12.5 Å². The highest BCUT2D eigenvalue weighted by Gasteiger charge is 2.35. The zero-order valence-corrected chi connectivity index (χ0v) is 9.46. The molecule has 1 aliphatic heterocycles. The van der Waals surface area contributed by atoms with E-state index in [1.807, 2.05) is 0 Å². The van der Waals surface area contributed by atoms with Gasteiger partial charge in [-0.3, -0.25) is 0 Å². The lowest BCUT2D eigenvalue weighted by Gasteiger charge is -2.36. The van der Waals surface area contributed by atoms with Crippen LogP contribution in [0.2, 0.25) is 0 Å². The van der Waals surface area contributed by atoms with Crippen LogP contribution in [0.4, 0.5) is 0 Å². The summed E-state index contributed by atoms with van der Waals surface area (Å²) in [5.74, 6) is -1.12. The summed E-state index contributed by atoms with van der Waals surface area (Å²) in [7, 11) is 0. The van der Waals surface area contributed by atoms with Gasteiger partial charge in [0.2, 0.25) is 0 Å². The highest BCUT2D eigenvalue weighted by Crippen LogP contribution is 2.24. The Morgan fingerprint density at radius 3 is 2.62 bits per heavy atom. The third-order valence-corrected chi connectivity index (χ3v) is 2.78. The van der Waals surface area contributed by atoms with E-state index in [1.165, 1.54) is 0 Å². The fourth-order valence-corrected chi connectivity index (χ4v) is 1.80. The first-order valence-corrected chi connectivity index (χ1v) is 5.29. The molecule has 0 saturated carbocycles. The fourth-order valence-electron chi connectivity index (χ4n) is 1.80. The Kier molecular flexibility index (Phi) is 4.46. The highest BCUT2D eigenvalue weighted by atomic mass is 16.5. The van der Waals surface area contributed by atoms with Gasteiger partial charge in [0.05, 0.1) is 18.8 Å². The van der Waals surface area contributed by atoms with Gasteiger partial charge in [0.15, 0.2) is 0 Å². The molecule has 1 aliphatic rings. The third kappa shape index (κ3) is 3.30. The van der Waals surface area contributed by atoms with Crippen molar-refractivity contribution in [2.75, 3.05) is 6.61 Å². The SMILES string of the molecule is C/C(=C\C(=O)O)CC1OC[C@H](C)C(O)C1O. The number of rotatable bonds is 3. The summed E-state index contributed by atoms with van der Waals surface area (Å²) < 4.78 is 5.38. The Labute approximate surface area is 94.4 Å². The average molecular weight is 230 g/mol. The van der Waals surface area contributed by atoms with Crippen molar-refractivity contribution in [2.24, 2.45) is 5.92 Å². The molecular formula is C11H18O5. The predicted octanol–water partition coefficient (Wildman–Crippen LogP) is 0.164. The average Bonchev–Trinajstić information content (AvgIpc) is 2.18. The van der Waals surface area contributed by atoms with Crippen LogP contribution in [-0.2, 0) is 9.53 Å². The lowest BCUT2D eigenvalue weighted by Crippen LogP contribution is -2.49. The number of carbonyl (C=O) groups is 1. The summed E-state index contributed by atoms with van der Waals surface area (Å²) in [6, 6.07) is 0. The Balaban J connectivity index is 2.58. The second-order valence-electron chi connectivity index (χ2n) is 4.36. The number of hydrogen-bond acceptors (Lipinski definition) is 4. The van der Waals surface area contributed by atoms with Crippen LogP contribution < -0.4 is 0 Å². The van der Waals surface area contributed by atoms with Gasteiger partial charge in [0.1, 0.15) is 6.10 Å². The van der Waals surface area contributed by atoms with Gasteiger partial charge >= 0.3 is 5.97 Å². The van der Waals surface area contributed by atoms with Crippen LogP contribution in [0.5, 0.6) is 0 Å². The number of hydrogen-bond donors (Lipinski definition) is 3. The van der Waals surface area contributed by atoms with Gasteiger partial charge < -0.3 is 20.1 Å². The van der Waals surface area contributed by atoms with Crippen molar-refractivity contribution in [1.82, 2.24) is 0 Å². The number of ether oxygens (including phenoxy) is 1. The van der Waals surface area contributed by atoms with Crippen molar-refractivity contribution >= 4 is 5.97 Å². The normalized spacial score (nSPS) is 36.1. The first-order chi connectivity index (χ1) is 7.41. The monoisotopic (exact) mass is 230 g/mol. The van der Waals surface area contributed by atoms with Gasteiger partial charge in [-0.25, -0.2) is 4.79 Å². The summed E-state index contributed by atoms with van der Waals surface area (Å²) in [5.41, 5.74) is 0.610. The molecule has 5 heteroatoms. The van der Waals surface area contributed by atoms with Crippen LogP contribution in [0.3, 0.4) is 0 Å². The second-order valence-corrected chi connectivity index (χ2v) is 4.36. The third-order valence-electron chi connectivity index (χ3n) is 2.78. The van der Waals surface area contributed by atoms with E-state index in [2.05, 4.69) is 0 Å². The summed E-state index contributed by atoms with van der Waals surface area (Å²) in [6.07, 6.45) is -0.892. The van der Waals surface area contributed by atoms with Crippen molar-refractivity contribution in [2.45, 2.75) is 38.6 Å². The van der Waals surface area contributed by atoms with E-state index in [9.17, 15) is 15.0 Å². The Morgan fingerprint density at radius 1 is 1.44 bits per heavy atom. The first-order valence-electron chi connectivity index (χ1n) is 5.29. The number of aliphatic hydroxyl groups is 2. The van der Waals surface area contributed by atoms with Crippen molar-refractivity contribution in [3.8, 4) is 0 Å². The van der Waals surface area contributed by atoms with E-state index in [4.69, 9.17) is 9.84 Å². The minimum absolute atomic E-state index is 0.102. The van der Waals surface area contributed by atoms with Crippen molar-refractivity contribution in [3.05, 3.63) is 11.6 Å². The molecule has 0 radical (unpaired) electrons. The van der Waals surface area contributed by atoms with E-state index in [0.717, 1.165) is 6.08 Å². The molecule has 1 rings (SSSR count). The van der Waals surface area contributed by atoms with E-state index < -0.39 is 24.3 Å². The van der Waals surface area contributed by atoms with Crippen LogP contribution in [0, 0.1) is 5.92 Å². The molecule has 1 heterocycles. The molecule has 1 fully saturated rings. The maximum atomic E-state index is 10.4. The highest BCUT2D eigenvalue weighted by molar-refractivity contribution is 5.80. The largest absolute Gasteiger partial charge is 0.478 e. The number of aliphatic hydroxyl groups excluding tert-OH is 2.